The van der Waals surface area contributed by atoms with Crippen molar-refractivity contribution in [3.05, 3.63) is 23.1 Å². The van der Waals surface area contributed by atoms with E-state index in [2.05, 4.69) is 15.3 Å². The summed E-state index contributed by atoms with van der Waals surface area (Å²) in [5.74, 6) is 2.69. The summed E-state index contributed by atoms with van der Waals surface area (Å²) in [5, 5.41) is 3.44. The van der Waals surface area contributed by atoms with Gasteiger partial charge in [0.1, 0.15) is 11.9 Å². The molecule has 0 aromatic carbocycles. The van der Waals surface area contributed by atoms with Crippen molar-refractivity contribution < 1.29 is 13.2 Å². The van der Waals surface area contributed by atoms with Crippen LogP contribution in [0.25, 0.3) is 0 Å². The molecule has 194 valence electrons. The lowest BCUT2D eigenvalue weighted by Gasteiger charge is -2.32. The number of aromatic nitrogens is 4. The van der Waals surface area contributed by atoms with Crippen LogP contribution in [-0.2, 0) is 27.5 Å². The van der Waals surface area contributed by atoms with Gasteiger partial charge in [-0.15, -0.1) is 0 Å². The van der Waals surface area contributed by atoms with Gasteiger partial charge >= 0.3 is 0 Å². The Morgan fingerprint density at radius 2 is 1.78 bits per heavy atom. The first-order chi connectivity index (χ1) is 17.5. The molecule has 1 amide bonds. The Bertz CT molecular complexity index is 1220. The molecular weight excluding hydrogens is 478 g/mol. The molecule has 2 aromatic rings. The molecule has 0 unspecified atom stereocenters. The zero-order chi connectivity index (χ0) is 24.7. The smallest absolute Gasteiger partial charge is 0.245 e. The van der Waals surface area contributed by atoms with E-state index in [1.807, 2.05) is 11.1 Å². The normalized spacial score (nSPS) is 24.2. The number of imidazole rings is 1. The van der Waals surface area contributed by atoms with E-state index >= 15 is 0 Å². The fraction of sp³-hybridized carbons (Fsp3) is 0.680. The molecule has 1 saturated carbocycles. The third-order valence-corrected chi connectivity index (χ3v) is 9.86. The molecule has 0 radical (unpaired) electrons. The average molecular weight is 514 g/mol. The van der Waals surface area contributed by atoms with E-state index < -0.39 is 9.84 Å². The lowest BCUT2D eigenvalue weighted by atomic mass is 9.87. The number of aromatic amines is 1. The van der Waals surface area contributed by atoms with Gasteiger partial charge in [-0.25, -0.2) is 18.4 Å². The third-order valence-electron chi connectivity index (χ3n) is 8.25. The van der Waals surface area contributed by atoms with Crippen LogP contribution in [0.1, 0.15) is 74.2 Å². The van der Waals surface area contributed by atoms with Gasteiger partial charge in [-0.3, -0.25) is 4.79 Å². The number of anilines is 3. The predicted molar refractivity (Wildman–Crippen MR) is 137 cm³/mol. The molecule has 0 bridgehead atoms. The maximum absolute atomic E-state index is 13.4. The van der Waals surface area contributed by atoms with Crippen LogP contribution < -0.4 is 10.2 Å². The SMILES string of the molecule is O=C([C@H]1CCCN1c1nc2c(c(Nc3ncc(C4CCCCC4)[nH]3)n1)CCC2)N1CCS(=O)(=O)CC1. The Morgan fingerprint density at radius 1 is 0.972 bits per heavy atom. The van der Waals surface area contributed by atoms with Gasteiger partial charge in [-0.1, -0.05) is 19.3 Å². The van der Waals surface area contributed by atoms with E-state index in [0.29, 0.717) is 24.4 Å². The highest BCUT2D eigenvalue weighted by molar-refractivity contribution is 7.91. The topological polar surface area (TPSA) is 124 Å². The Morgan fingerprint density at radius 3 is 2.58 bits per heavy atom. The molecule has 2 saturated heterocycles. The number of sulfone groups is 1. The molecular formula is C25H35N7O3S. The summed E-state index contributed by atoms with van der Waals surface area (Å²) in [6.45, 7) is 1.25. The van der Waals surface area contributed by atoms with E-state index in [1.54, 1.807) is 4.90 Å². The highest BCUT2D eigenvalue weighted by Gasteiger charge is 2.38. The summed E-state index contributed by atoms with van der Waals surface area (Å²) in [5.41, 5.74) is 3.37. The number of fused-ring (bicyclic) bond motifs is 1. The largest absolute Gasteiger partial charge is 0.339 e. The standard InChI is InChI=1S/C25H35N7O3S/c33-23(31-12-14-36(34,35)15-13-31)21-10-5-11-32(21)25-28-19-9-4-8-18(19)22(30-25)29-24-26-16-20(27-24)17-6-2-1-3-7-17/h16-17,21H,1-15H2,(H2,26,27,28,29,30)/t21-/m1/s1. The first kappa shape index (κ1) is 23.7. The number of H-pyrrole nitrogens is 1. The van der Waals surface area contributed by atoms with Crippen LogP contribution in [0, 0.1) is 0 Å². The molecule has 6 rings (SSSR count). The summed E-state index contributed by atoms with van der Waals surface area (Å²) < 4.78 is 23.7. The lowest BCUT2D eigenvalue weighted by molar-refractivity contribution is -0.132. The number of nitrogens with one attached hydrogen (secondary N) is 2. The Labute approximate surface area is 212 Å². The van der Waals surface area contributed by atoms with Gasteiger partial charge in [0, 0.05) is 36.8 Å². The number of aryl methyl sites for hydroxylation is 1. The van der Waals surface area contributed by atoms with Crippen LogP contribution in [0.2, 0.25) is 0 Å². The van der Waals surface area contributed by atoms with Crippen LogP contribution in [-0.4, -0.2) is 76.3 Å². The van der Waals surface area contributed by atoms with Gasteiger partial charge in [0.05, 0.1) is 23.4 Å². The molecule has 0 spiro atoms. The van der Waals surface area contributed by atoms with Gasteiger partial charge in [0.25, 0.3) is 0 Å². The maximum atomic E-state index is 13.4. The first-order valence-electron chi connectivity index (χ1n) is 13.4. The monoisotopic (exact) mass is 513 g/mol. The number of hydrogen-bond donors (Lipinski definition) is 2. The van der Waals surface area contributed by atoms with Crippen LogP contribution in [0.4, 0.5) is 17.7 Å². The van der Waals surface area contributed by atoms with Crippen molar-refractivity contribution in [1.82, 2.24) is 24.8 Å². The molecule has 4 heterocycles. The molecule has 4 aliphatic rings. The number of nitrogens with zero attached hydrogens (tertiary/aromatic N) is 5. The van der Waals surface area contributed by atoms with E-state index in [-0.39, 0.29) is 36.5 Å². The highest BCUT2D eigenvalue weighted by atomic mass is 32.2. The van der Waals surface area contributed by atoms with Gasteiger partial charge in [-0.05, 0) is 44.9 Å². The van der Waals surface area contributed by atoms with Crippen molar-refractivity contribution >= 4 is 33.5 Å². The second-order valence-corrected chi connectivity index (χ2v) is 12.9. The van der Waals surface area contributed by atoms with Crippen LogP contribution in [0.3, 0.4) is 0 Å². The molecule has 2 aliphatic carbocycles. The minimum absolute atomic E-state index is 0.0100. The van der Waals surface area contributed by atoms with Crippen molar-refractivity contribution in [2.24, 2.45) is 0 Å². The van der Waals surface area contributed by atoms with Crippen molar-refractivity contribution in [2.75, 3.05) is 41.4 Å². The van der Waals surface area contributed by atoms with Crippen LogP contribution in [0.15, 0.2) is 6.20 Å². The lowest BCUT2D eigenvalue weighted by Crippen LogP contribution is -2.51. The van der Waals surface area contributed by atoms with Gasteiger partial charge in [-0.2, -0.15) is 4.98 Å². The molecule has 3 fully saturated rings. The van der Waals surface area contributed by atoms with E-state index in [1.165, 1.54) is 37.8 Å². The fourth-order valence-electron chi connectivity index (χ4n) is 6.19. The highest BCUT2D eigenvalue weighted by Crippen LogP contribution is 2.35. The fourth-order valence-corrected chi connectivity index (χ4v) is 7.39. The average Bonchev–Trinajstić information content (AvgIpc) is 3.65. The molecule has 2 aromatic heterocycles. The molecule has 10 nitrogen and oxygen atoms in total. The van der Waals surface area contributed by atoms with Gasteiger partial charge < -0.3 is 20.1 Å². The Hall–Kier alpha value is -2.69. The minimum Gasteiger partial charge on any atom is -0.339 e. The number of rotatable bonds is 5. The van der Waals surface area contributed by atoms with Crippen molar-refractivity contribution in [3.8, 4) is 0 Å². The Balaban J connectivity index is 1.23. The first-order valence-corrected chi connectivity index (χ1v) is 15.3. The molecule has 11 heteroatoms. The van der Waals surface area contributed by atoms with Crippen molar-refractivity contribution in [1.29, 1.82) is 0 Å². The predicted octanol–water partition coefficient (Wildman–Crippen LogP) is 2.71. The van der Waals surface area contributed by atoms with Crippen LogP contribution in [0.5, 0.6) is 0 Å². The second kappa shape index (κ2) is 9.64. The maximum Gasteiger partial charge on any atom is 0.245 e. The molecule has 2 N–H and O–H groups in total. The van der Waals surface area contributed by atoms with E-state index in [4.69, 9.17) is 9.97 Å². The molecule has 2 aliphatic heterocycles. The summed E-state index contributed by atoms with van der Waals surface area (Å²) in [7, 11) is -3.04. The number of carbonyl (C=O) groups is 1. The van der Waals surface area contributed by atoms with E-state index in [0.717, 1.165) is 49.2 Å². The van der Waals surface area contributed by atoms with E-state index in [9.17, 15) is 13.2 Å². The van der Waals surface area contributed by atoms with Gasteiger partial charge in [0.2, 0.25) is 17.8 Å². The second-order valence-electron chi connectivity index (χ2n) is 10.6. The van der Waals surface area contributed by atoms with Crippen molar-refractivity contribution in [2.45, 2.75) is 76.2 Å². The minimum atomic E-state index is -3.04. The van der Waals surface area contributed by atoms with Gasteiger partial charge in [0.15, 0.2) is 9.84 Å². The zero-order valence-electron chi connectivity index (χ0n) is 20.7. The summed E-state index contributed by atoms with van der Waals surface area (Å²) >= 11 is 0. The number of carbonyl (C=O) groups excluding carboxylic acids is 1. The summed E-state index contributed by atoms with van der Waals surface area (Å²) in [6.07, 6.45) is 12.7. The zero-order valence-corrected chi connectivity index (χ0v) is 21.5. The van der Waals surface area contributed by atoms with Crippen molar-refractivity contribution in [3.63, 3.8) is 0 Å². The molecule has 1 atom stereocenters. The summed E-state index contributed by atoms with van der Waals surface area (Å²) in [4.78, 5) is 35.0. The molecule has 36 heavy (non-hydrogen) atoms. The Kier molecular flexibility index (Phi) is 6.35. The van der Waals surface area contributed by atoms with Crippen LogP contribution >= 0.6 is 0 Å². The third kappa shape index (κ3) is 4.69. The number of amides is 1. The quantitative estimate of drug-likeness (QED) is 0.625. The number of hydrogen-bond acceptors (Lipinski definition) is 8. The summed E-state index contributed by atoms with van der Waals surface area (Å²) in [6, 6.07) is -0.348.